The fourth-order valence-electron chi connectivity index (χ4n) is 2.74. The third-order valence-electron chi connectivity index (χ3n) is 4.19. The van der Waals surface area contributed by atoms with Gasteiger partial charge in [-0.1, -0.05) is 12.8 Å². The molecule has 1 aliphatic rings. The van der Waals surface area contributed by atoms with Gasteiger partial charge >= 0.3 is 0 Å². The molecule has 106 valence electrons. The van der Waals surface area contributed by atoms with E-state index >= 15 is 0 Å². The van der Waals surface area contributed by atoms with E-state index < -0.39 is 0 Å². The molecule has 1 saturated carbocycles. The lowest BCUT2D eigenvalue weighted by Crippen LogP contribution is -2.50. The van der Waals surface area contributed by atoms with Crippen LogP contribution >= 0.6 is 0 Å². The number of rotatable bonds is 4. The van der Waals surface area contributed by atoms with Gasteiger partial charge in [-0.15, -0.1) is 0 Å². The van der Waals surface area contributed by atoms with Gasteiger partial charge in [0.1, 0.15) is 11.8 Å². The highest BCUT2D eigenvalue weighted by atomic mass is 16.1. The highest BCUT2D eigenvalue weighted by molar-refractivity contribution is 5.92. The number of hydrogen-bond donors (Lipinski definition) is 1. The van der Waals surface area contributed by atoms with E-state index in [0.29, 0.717) is 17.8 Å². The molecule has 0 spiro atoms. The molecular weight excluding hydrogens is 252 g/mol. The van der Waals surface area contributed by atoms with Gasteiger partial charge in [-0.05, 0) is 39.1 Å². The third-order valence-corrected chi connectivity index (χ3v) is 4.19. The Hall–Kier alpha value is -1.93. The summed E-state index contributed by atoms with van der Waals surface area (Å²) in [6, 6.07) is 5.19. The molecule has 0 aliphatic heterocycles. The lowest BCUT2D eigenvalue weighted by Gasteiger charge is -2.36. The van der Waals surface area contributed by atoms with E-state index in [4.69, 9.17) is 5.26 Å². The van der Waals surface area contributed by atoms with Crippen LogP contribution in [-0.4, -0.2) is 42.0 Å². The quantitative estimate of drug-likeness (QED) is 0.903. The highest BCUT2D eigenvalue weighted by Crippen LogP contribution is 2.33. The molecule has 1 amide bonds. The number of nitrogens with one attached hydrogen (secondary N) is 1. The largest absolute Gasteiger partial charge is 0.349 e. The Balaban J connectivity index is 1.99. The first-order valence-electron chi connectivity index (χ1n) is 6.89. The van der Waals surface area contributed by atoms with Crippen molar-refractivity contribution in [1.82, 2.24) is 15.2 Å². The number of aromatic nitrogens is 1. The summed E-state index contributed by atoms with van der Waals surface area (Å²) >= 11 is 0. The SMILES string of the molecule is CN(C)C1(CNC(=O)c2ccc(C#N)cn2)CCCC1. The first kappa shape index (κ1) is 14.5. The summed E-state index contributed by atoms with van der Waals surface area (Å²) in [5, 5.41) is 11.7. The van der Waals surface area contributed by atoms with E-state index in [9.17, 15) is 4.79 Å². The number of carbonyl (C=O) groups is 1. The summed E-state index contributed by atoms with van der Waals surface area (Å²) in [5.41, 5.74) is 0.889. The van der Waals surface area contributed by atoms with Crippen molar-refractivity contribution in [2.45, 2.75) is 31.2 Å². The normalized spacial score (nSPS) is 16.9. The molecule has 2 rings (SSSR count). The van der Waals surface area contributed by atoms with Crippen molar-refractivity contribution in [2.24, 2.45) is 0 Å². The number of likely N-dealkylation sites (N-methyl/N-ethyl adjacent to an activating group) is 1. The molecule has 5 nitrogen and oxygen atoms in total. The van der Waals surface area contributed by atoms with Crippen LogP contribution in [0.5, 0.6) is 0 Å². The van der Waals surface area contributed by atoms with Gasteiger partial charge < -0.3 is 10.2 Å². The van der Waals surface area contributed by atoms with Crippen molar-refractivity contribution in [3.63, 3.8) is 0 Å². The Bertz CT molecular complexity index is 510. The molecule has 1 aromatic rings. The number of carbonyl (C=O) groups excluding carboxylic acids is 1. The second kappa shape index (κ2) is 6.02. The van der Waals surface area contributed by atoms with Crippen LogP contribution < -0.4 is 5.32 Å². The standard InChI is InChI=1S/C15H20N4O/c1-19(2)15(7-3-4-8-15)11-18-14(20)13-6-5-12(9-16)10-17-13/h5-6,10H,3-4,7-8,11H2,1-2H3,(H,18,20). The number of nitriles is 1. The van der Waals surface area contributed by atoms with Gasteiger partial charge in [0.25, 0.3) is 5.91 Å². The van der Waals surface area contributed by atoms with Crippen LogP contribution in [0.3, 0.4) is 0 Å². The first-order valence-corrected chi connectivity index (χ1v) is 6.89. The highest BCUT2D eigenvalue weighted by Gasteiger charge is 2.36. The van der Waals surface area contributed by atoms with E-state index in [1.165, 1.54) is 19.0 Å². The van der Waals surface area contributed by atoms with Gasteiger partial charge in [0.2, 0.25) is 0 Å². The Kier molecular flexibility index (Phi) is 4.35. The van der Waals surface area contributed by atoms with E-state index in [-0.39, 0.29) is 11.4 Å². The molecule has 1 fully saturated rings. The molecule has 1 aliphatic carbocycles. The molecule has 0 radical (unpaired) electrons. The van der Waals surface area contributed by atoms with E-state index in [0.717, 1.165) is 12.8 Å². The maximum Gasteiger partial charge on any atom is 0.269 e. The number of hydrogen-bond acceptors (Lipinski definition) is 4. The summed E-state index contributed by atoms with van der Waals surface area (Å²) in [5.74, 6) is -0.178. The van der Waals surface area contributed by atoms with Gasteiger partial charge in [0, 0.05) is 18.3 Å². The molecule has 0 unspecified atom stereocenters. The third kappa shape index (κ3) is 2.97. The second-order valence-corrected chi connectivity index (χ2v) is 5.55. The topological polar surface area (TPSA) is 69.0 Å². The van der Waals surface area contributed by atoms with Gasteiger partial charge in [-0.2, -0.15) is 5.26 Å². The van der Waals surface area contributed by atoms with Gasteiger partial charge in [0.05, 0.1) is 5.56 Å². The van der Waals surface area contributed by atoms with Crippen molar-refractivity contribution in [3.8, 4) is 6.07 Å². The molecule has 20 heavy (non-hydrogen) atoms. The fraction of sp³-hybridized carbons (Fsp3) is 0.533. The Morgan fingerprint density at radius 3 is 2.65 bits per heavy atom. The van der Waals surface area contributed by atoms with Crippen molar-refractivity contribution in [1.29, 1.82) is 5.26 Å². The zero-order valence-corrected chi connectivity index (χ0v) is 12.0. The van der Waals surface area contributed by atoms with Crippen LogP contribution in [0.2, 0.25) is 0 Å². The summed E-state index contributed by atoms with van der Waals surface area (Å²) in [7, 11) is 4.13. The minimum absolute atomic E-state index is 0.0717. The molecular formula is C15H20N4O. The zero-order chi connectivity index (χ0) is 14.6. The maximum absolute atomic E-state index is 12.1. The van der Waals surface area contributed by atoms with Crippen LogP contribution in [0.15, 0.2) is 18.3 Å². The van der Waals surface area contributed by atoms with Gasteiger partial charge in [0.15, 0.2) is 0 Å². The molecule has 0 atom stereocenters. The monoisotopic (exact) mass is 272 g/mol. The Morgan fingerprint density at radius 1 is 1.45 bits per heavy atom. The molecule has 1 aromatic heterocycles. The van der Waals surface area contributed by atoms with Crippen LogP contribution in [0.4, 0.5) is 0 Å². The fourth-order valence-corrected chi connectivity index (χ4v) is 2.74. The van der Waals surface area contributed by atoms with Crippen molar-refractivity contribution >= 4 is 5.91 Å². The van der Waals surface area contributed by atoms with E-state index in [2.05, 4.69) is 29.3 Å². The van der Waals surface area contributed by atoms with Crippen LogP contribution in [0.1, 0.15) is 41.7 Å². The predicted molar refractivity (Wildman–Crippen MR) is 76.2 cm³/mol. The first-order chi connectivity index (χ1) is 9.57. The Morgan fingerprint density at radius 2 is 2.15 bits per heavy atom. The molecule has 0 bridgehead atoms. The lowest BCUT2D eigenvalue weighted by molar-refractivity contribution is 0.0895. The minimum atomic E-state index is -0.178. The van der Waals surface area contributed by atoms with Crippen molar-refractivity contribution in [3.05, 3.63) is 29.6 Å². The van der Waals surface area contributed by atoms with E-state index in [1.54, 1.807) is 12.1 Å². The smallest absolute Gasteiger partial charge is 0.269 e. The summed E-state index contributed by atoms with van der Waals surface area (Å²) in [4.78, 5) is 18.3. The van der Waals surface area contributed by atoms with E-state index in [1.807, 2.05) is 6.07 Å². The maximum atomic E-state index is 12.1. The van der Waals surface area contributed by atoms with Crippen LogP contribution in [0, 0.1) is 11.3 Å². The number of pyridine rings is 1. The second-order valence-electron chi connectivity index (χ2n) is 5.55. The number of amides is 1. The zero-order valence-electron chi connectivity index (χ0n) is 12.0. The summed E-state index contributed by atoms with van der Waals surface area (Å²) < 4.78 is 0. The average Bonchev–Trinajstić information content (AvgIpc) is 2.95. The van der Waals surface area contributed by atoms with Crippen molar-refractivity contribution in [2.75, 3.05) is 20.6 Å². The molecule has 0 saturated heterocycles. The minimum Gasteiger partial charge on any atom is -0.349 e. The molecule has 1 N–H and O–H groups in total. The molecule has 0 aromatic carbocycles. The average molecular weight is 272 g/mol. The number of nitrogens with zero attached hydrogens (tertiary/aromatic N) is 3. The molecule has 5 heteroatoms. The predicted octanol–water partition coefficient (Wildman–Crippen LogP) is 1.56. The Labute approximate surface area is 119 Å². The summed E-state index contributed by atoms with van der Waals surface area (Å²) in [6.07, 6.45) is 6.07. The van der Waals surface area contributed by atoms with Crippen LogP contribution in [0.25, 0.3) is 0 Å². The van der Waals surface area contributed by atoms with Gasteiger partial charge in [-0.25, -0.2) is 4.98 Å². The lowest BCUT2D eigenvalue weighted by atomic mass is 9.96. The van der Waals surface area contributed by atoms with Gasteiger partial charge in [-0.3, -0.25) is 4.79 Å². The van der Waals surface area contributed by atoms with Crippen LogP contribution in [-0.2, 0) is 0 Å². The van der Waals surface area contributed by atoms with Crippen molar-refractivity contribution < 1.29 is 4.79 Å². The molecule has 1 heterocycles. The summed E-state index contributed by atoms with van der Waals surface area (Å²) in [6.45, 7) is 0.639.